The molecule has 156 valence electrons. The van der Waals surface area contributed by atoms with E-state index in [0.29, 0.717) is 25.7 Å². The van der Waals surface area contributed by atoms with Gasteiger partial charge in [0.1, 0.15) is 0 Å². The second kappa shape index (κ2) is 8.19. The highest BCUT2D eigenvalue weighted by molar-refractivity contribution is 6.14. The largest absolute Gasteiger partial charge is 0.494 e. The highest BCUT2D eigenvalue weighted by Crippen LogP contribution is 2.36. The van der Waals surface area contributed by atoms with E-state index >= 15 is 0 Å². The van der Waals surface area contributed by atoms with Crippen LogP contribution in [0.4, 0.5) is 0 Å². The quantitative estimate of drug-likeness (QED) is 0.858. The Labute approximate surface area is 172 Å². The van der Waals surface area contributed by atoms with Crippen LogP contribution in [0.5, 0.6) is 5.88 Å². The molecule has 29 heavy (non-hydrogen) atoms. The SMILES string of the molecule is CC(=O)N1CCC(Cc2ccc3c(c2)c(C2=NCCOC2)c(O)n3C(C)C)CC1. The van der Waals surface area contributed by atoms with Crippen LogP contribution in [0.2, 0.25) is 0 Å². The van der Waals surface area contributed by atoms with Crippen LogP contribution in [0, 0.1) is 5.92 Å². The maximum Gasteiger partial charge on any atom is 0.219 e. The van der Waals surface area contributed by atoms with E-state index < -0.39 is 0 Å². The van der Waals surface area contributed by atoms with E-state index in [1.54, 1.807) is 6.92 Å². The molecular formula is C23H31N3O3. The summed E-state index contributed by atoms with van der Waals surface area (Å²) in [5.74, 6) is 1.05. The highest BCUT2D eigenvalue weighted by atomic mass is 16.5. The fraction of sp³-hybridized carbons (Fsp3) is 0.565. The molecule has 2 aliphatic heterocycles. The van der Waals surface area contributed by atoms with Crippen molar-refractivity contribution in [2.75, 3.05) is 32.8 Å². The molecule has 0 spiro atoms. The molecule has 0 atom stereocenters. The van der Waals surface area contributed by atoms with Crippen LogP contribution in [-0.4, -0.2) is 59.0 Å². The number of piperidine rings is 1. The van der Waals surface area contributed by atoms with Gasteiger partial charge < -0.3 is 19.3 Å². The first-order valence-electron chi connectivity index (χ1n) is 10.7. The number of fused-ring (bicyclic) bond motifs is 1. The van der Waals surface area contributed by atoms with Gasteiger partial charge >= 0.3 is 0 Å². The number of rotatable bonds is 4. The van der Waals surface area contributed by atoms with Crippen molar-refractivity contribution in [2.45, 2.75) is 46.1 Å². The van der Waals surface area contributed by atoms with E-state index in [4.69, 9.17) is 4.74 Å². The number of carbonyl (C=O) groups excluding carboxylic acids is 1. The first-order valence-corrected chi connectivity index (χ1v) is 10.7. The van der Waals surface area contributed by atoms with Gasteiger partial charge in [0.25, 0.3) is 0 Å². The zero-order valence-corrected chi connectivity index (χ0v) is 17.6. The van der Waals surface area contributed by atoms with Crippen molar-refractivity contribution in [1.29, 1.82) is 0 Å². The topological polar surface area (TPSA) is 67.1 Å². The average Bonchev–Trinajstić information content (AvgIpc) is 3.00. The number of hydrogen-bond acceptors (Lipinski definition) is 4. The van der Waals surface area contributed by atoms with E-state index in [2.05, 4.69) is 37.0 Å². The number of aliphatic imine (C=N–C) groups is 1. The van der Waals surface area contributed by atoms with Crippen molar-refractivity contribution in [3.8, 4) is 5.88 Å². The standard InChI is InChI=1S/C23H31N3O3/c1-15(2)26-21-5-4-18(12-17-6-9-25(10-7-17)16(3)27)13-19(21)22(23(26)28)20-14-29-11-8-24-20/h4-5,13,15,17,28H,6-12,14H2,1-3H3. The molecule has 6 heteroatoms. The second-order valence-corrected chi connectivity index (χ2v) is 8.55. The van der Waals surface area contributed by atoms with Gasteiger partial charge in [-0.05, 0) is 56.7 Å². The van der Waals surface area contributed by atoms with Crippen LogP contribution in [0.15, 0.2) is 23.2 Å². The summed E-state index contributed by atoms with van der Waals surface area (Å²) in [7, 11) is 0. The van der Waals surface area contributed by atoms with Crippen molar-refractivity contribution < 1.29 is 14.6 Å². The van der Waals surface area contributed by atoms with Crippen LogP contribution in [0.25, 0.3) is 10.9 Å². The van der Waals surface area contributed by atoms with Gasteiger partial charge in [0.15, 0.2) is 0 Å². The fourth-order valence-corrected chi connectivity index (χ4v) is 4.68. The zero-order chi connectivity index (χ0) is 20.5. The molecule has 0 aliphatic carbocycles. The molecule has 0 saturated carbocycles. The molecule has 3 heterocycles. The summed E-state index contributed by atoms with van der Waals surface area (Å²) in [6, 6.07) is 6.68. The molecule has 6 nitrogen and oxygen atoms in total. The number of nitrogens with zero attached hydrogens (tertiary/aromatic N) is 3. The maximum absolute atomic E-state index is 11.6. The van der Waals surface area contributed by atoms with Gasteiger partial charge in [-0.15, -0.1) is 0 Å². The summed E-state index contributed by atoms with van der Waals surface area (Å²) >= 11 is 0. The van der Waals surface area contributed by atoms with Gasteiger partial charge in [-0.3, -0.25) is 9.79 Å². The molecule has 2 aromatic rings. The van der Waals surface area contributed by atoms with Gasteiger partial charge in [-0.2, -0.15) is 0 Å². The predicted octanol–water partition coefficient (Wildman–Crippen LogP) is 3.55. The Balaban J connectivity index is 1.66. The maximum atomic E-state index is 11.6. The van der Waals surface area contributed by atoms with Gasteiger partial charge in [-0.1, -0.05) is 6.07 Å². The first kappa shape index (κ1) is 20.0. The van der Waals surface area contributed by atoms with E-state index in [-0.39, 0.29) is 17.8 Å². The third-order valence-corrected chi connectivity index (χ3v) is 6.21. The molecule has 1 saturated heterocycles. The normalized spacial score (nSPS) is 18.5. The van der Waals surface area contributed by atoms with E-state index in [0.717, 1.165) is 54.5 Å². The second-order valence-electron chi connectivity index (χ2n) is 8.55. The lowest BCUT2D eigenvalue weighted by Crippen LogP contribution is -2.37. The first-order chi connectivity index (χ1) is 14.0. The molecule has 0 radical (unpaired) electrons. The van der Waals surface area contributed by atoms with Crippen molar-refractivity contribution in [1.82, 2.24) is 9.47 Å². The van der Waals surface area contributed by atoms with E-state index in [9.17, 15) is 9.90 Å². The van der Waals surface area contributed by atoms with Gasteiger partial charge in [0.05, 0.1) is 36.6 Å². The number of aromatic hydroxyl groups is 1. The van der Waals surface area contributed by atoms with Crippen LogP contribution < -0.4 is 0 Å². The van der Waals surface area contributed by atoms with Crippen molar-refractivity contribution in [3.05, 3.63) is 29.3 Å². The molecule has 4 rings (SSSR count). The lowest BCUT2D eigenvalue weighted by atomic mass is 9.89. The minimum absolute atomic E-state index is 0.151. The molecule has 1 amide bonds. The molecule has 1 fully saturated rings. The summed E-state index contributed by atoms with van der Waals surface area (Å²) < 4.78 is 7.59. The van der Waals surface area contributed by atoms with Crippen molar-refractivity contribution >= 4 is 22.5 Å². The van der Waals surface area contributed by atoms with Crippen LogP contribution >= 0.6 is 0 Å². The number of hydrogen-bond donors (Lipinski definition) is 1. The predicted molar refractivity (Wildman–Crippen MR) is 115 cm³/mol. The fourth-order valence-electron chi connectivity index (χ4n) is 4.68. The van der Waals surface area contributed by atoms with Crippen LogP contribution in [-0.2, 0) is 16.0 Å². The number of amides is 1. The molecular weight excluding hydrogens is 366 g/mol. The number of ether oxygens (including phenoxy) is 1. The van der Waals surface area contributed by atoms with Gasteiger partial charge in [0.2, 0.25) is 11.8 Å². The molecule has 0 bridgehead atoms. The van der Waals surface area contributed by atoms with E-state index in [1.807, 2.05) is 9.47 Å². The Morgan fingerprint density at radius 3 is 2.69 bits per heavy atom. The molecule has 0 unspecified atom stereocenters. The Bertz CT molecular complexity index is 936. The van der Waals surface area contributed by atoms with Gasteiger partial charge in [-0.25, -0.2) is 0 Å². The third kappa shape index (κ3) is 3.90. The van der Waals surface area contributed by atoms with Crippen molar-refractivity contribution in [3.63, 3.8) is 0 Å². The Morgan fingerprint density at radius 2 is 2.07 bits per heavy atom. The van der Waals surface area contributed by atoms with Crippen LogP contribution in [0.1, 0.15) is 50.8 Å². The lowest BCUT2D eigenvalue weighted by molar-refractivity contribution is -0.130. The summed E-state index contributed by atoms with van der Waals surface area (Å²) in [5, 5.41) is 12.1. The number of likely N-dealkylation sites (tertiary alicyclic amines) is 1. The molecule has 1 N–H and O–H groups in total. The summed E-state index contributed by atoms with van der Waals surface area (Å²) in [6.45, 7) is 9.24. The van der Waals surface area contributed by atoms with Crippen molar-refractivity contribution in [2.24, 2.45) is 10.9 Å². The number of carbonyl (C=O) groups is 1. The minimum atomic E-state index is 0.151. The van der Waals surface area contributed by atoms with E-state index in [1.165, 1.54) is 5.56 Å². The Kier molecular flexibility index (Phi) is 5.63. The number of aromatic nitrogens is 1. The zero-order valence-electron chi connectivity index (χ0n) is 17.6. The smallest absolute Gasteiger partial charge is 0.219 e. The average molecular weight is 398 g/mol. The monoisotopic (exact) mass is 397 g/mol. The lowest BCUT2D eigenvalue weighted by Gasteiger charge is -2.31. The molecule has 1 aromatic carbocycles. The number of benzene rings is 1. The molecule has 1 aromatic heterocycles. The summed E-state index contributed by atoms with van der Waals surface area (Å²) in [4.78, 5) is 18.1. The highest BCUT2D eigenvalue weighted by Gasteiger charge is 2.25. The molecule has 2 aliphatic rings. The Morgan fingerprint density at radius 1 is 1.31 bits per heavy atom. The Hall–Kier alpha value is -2.34. The summed E-state index contributed by atoms with van der Waals surface area (Å²) in [5.41, 5.74) is 3.97. The minimum Gasteiger partial charge on any atom is -0.494 e. The van der Waals surface area contributed by atoms with Gasteiger partial charge in [0, 0.05) is 31.4 Å². The summed E-state index contributed by atoms with van der Waals surface area (Å²) in [6.07, 6.45) is 3.09. The third-order valence-electron chi connectivity index (χ3n) is 6.21. The van der Waals surface area contributed by atoms with Crippen LogP contribution in [0.3, 0.4) is 0 Å².